The van der Waals surface area contributed by atoms with Crippen LogP contribution >= 0.6 is 11.6 Å². The number of anilines is 1. The lowest BCUT2D eigenvalue weighted by molar-refractivity contribution is 0.0696. The SMILES string of the molecule is COCCOc1cc(-c2cnc(NCc3cccc(C)c3)nc2)cc(C(=O)O)c1Cl. The summed E-state index contributed by atoms with van der Waals surface area (Å²) in [6.45, 7) is 3.24. The van der Waals surface area contributed by atoms with Gasteiger partial charge in [-0.25, -0.2) is 14.8 Å². The molecular formula is C22H22ClN3O4. The van der Waals surface area contributed by atoms with Gasteiger partial charge in [0.2, 0.25) is 5.95 Å². The summed E-state index contributed by atoms with van der Waals surface area (Å²) in [5.41, 5.74) is 3.50. The van der Waals surface area contributed by atoms with Crippen LogP contribution in [0.5, 0.6) is 5.75 Å². The standard InChI is InChI=1S/C22H22ClN3O4/c1-14-4-3-5-15(8-14)11-24-22-25-12-17(13-26-22)16-9-18(21(27)28)20(23)19(10-16)30-7-6-29-2/h3-5,8-10,12-13H,6-7,11H2,1-2H3,(H,27,28)(H,24,25,26). The molecule has 3 rings (SSSR count). The van der Waals surface area contributed by atoms with Crippen LogP contribution in [0.3, 0.4) is 0 Å². The van der Waals surface area contributed by atoms with Gasteiger partial charge in [0.25, 0.3) is 0 Å². The number of carboxylic acids is 1. The van der Waals surface area contributed by atoms with Crippen molar-refractivity contribution in [2.24, 2.45) is 0 Å². The second kappa shape index (κ2) is 10.0. The molecule has 3 aromatic rings. The molecule has 0 unspecified atom stereocenters. The number of hydrogen-bond acceptors (Lipinski definition) is 6. The van der Waals surface area contributed by atoms with E-state index in [2.05, 4.69) is 21.4 Å². The van der Waals surface area contributed by atoms with Gasteiger partial charge >= 0.3 is 5.97 Å². The Morgan fingerprint density at radius 3 is 2.57 bits per heavy atom. The number of halogens is 1. The van der Waals surface area contributed by atoms with Gasteiger partial charge in [-0.3, -0.25) is 0 Å². The first-order valence-corrected chi connectivity index (χ1v) is 9.66. The molecule has 7 nitrogen and oxygen atoms in total. The highest BCUT2D eigenvalue weighted by Gasteiger charge is 2.17. The van der Waals surface area contributed by atoms with Crippen molar-refractivity contribution in [1.82, 2.24) is 9.97 Å². The maximum absolute atomic E-state index is 11.6. The Bertz CT molecular complexity index is 1030. The highest BCUT2D eigenvalue weighted by atomic mass is 35.5. The minimum atomic E-state index is -1.14. The number of rotatable bonds is 9. The number of benzene rings is 2. The topological polar surface area (TPSA) is 93.6 Å². The first kappa shape index (κ1) is 21.5. The number of carboxylic acid groups (broad SMARTS) is 1. The molecule has 2 aromatic carbocycles. The summed E-state index contributed by atoms with van der Waals surface area (Å²) in [6, 6.07) is 11.3. The number of nitrogens with one attached hydrogen (secondary N) is 1. The monoisotopic (exact) mass is 427 g/mol. The lowest BCUT2D eigenvalue weighted by atomic mass is 10.0. The van der Waals surface area contributed by atoms with Gasteiger partial charge in [-0.15, -0.1) is 0 Å². The van der Waals surface area contributed by atoms with Gasteiger partial charge < -0.3 is 19.9 Å². The van der Waals surface area contributed by atoms with Crippen molar-refractivity contribution < 1.29 is 19.4 Å². The van der Waals surface area contributed by atoms with Gasteiger partial charge in [-0.05, 0) is 30.2 Å². The van der Waals surface area contributed by atoms with E-state index in [4.69, 9.17) is 21.1 Å². The van der Waals surface area contributed by atoms with E-state index in [1.54, 1.807) is 25.6 Å². The molecule has 2 N–H and O–H groups in total. The molecule has 0 saturated heterocycles. The Labute approximate surface area is 179 Å². The predicted octanol–water partition coefficient (Wildman–Crippen LogP) is 4.44. The summed E-state index contributed by atoms with van der Waals surface area (Å²) < 4.78 is 10.5. The van der Waals surface area contributed by atoms with E-state index in [0.717, 1.165) is 5.56 Å². The Morgan fingerprint density at radius 1 is 1.13 bits per heavy atom. The molecule has 0 saturated carbocycles. The first-order chi connectivity index (χ1) is 14.5. The Kier molecular flexibility index (Phi) is 7.21. The van der Waals surface area contributed by atoms with Crippen molar-refractivity contribution in [2.45, 2.75) is 13.5 Å². The van der Waals surface area contributed by atoms with E-state index in [0.29, 0.717) is 30.2 Å². The smallest absolute Gasteiger partial charge is 0.337 e. The predicted molar refractivity (Wildman–Crippen MR) is 115 cm³/mol. The third-order valence-corrected chi connectivity index (χ3v) is 4.72. The Morgan fingerprint density at radius 2 is 1.90 bits per heavy atom. The second-order valence-corrected chi connectivity index (χ2v) is 7.00. The van der Waals surface area contributed by atoms with E-state index in [-0.39, 0.29) is 22.9 Å². The number of hydrogen-bond donors (Lipinski definition) is 2. The van der Waals surface area contributed by atoms with E-state index in [1.165, 1.54) is 11.6 Å². The second-order valence-electron chi connectivity index (χ2n) is 6.62. The van der Waals surface area contributed by atoms with Crippen LogP contribution in [-0.2, 0) is 11.3 Å². The molecule has 30 heavy (non-hydrogen) atoms. The minimum absolute atomic E-state index is 0.0414. The van der Waals surface area contributed by atoms with Gasteiger partial charge in [0.15, 0.2) is 0 Å². The van der Waals surface area contributed by atoms with Crippen LogP contribution in [0.15, 0.2) is 48.8 Å². The molecular weight excluding hydrogens is 406 g/mol. The van der Waals surface area contributed by atoms with Crippen LogP contribution in [0.25, 0.3) is 11.1 Å². The maximum atomic E-state index is 11.6. The fourth-order valence-electron chi connectivity index (χ4n) is 2.83. The van der Waals surface area contributed by atoms with Crippen molar-refractivity contribution >= 4 is 23.5 Å². The Hall–Kier alpha value is -3.16. The van der Waals surface area contributed by atoms with Crippen molar-refractivity contribution in [3.05, 3.63) is 70.5 Å². The number of ether oxygens (including phenoxy) is 2. The third-order valence-electron chi connectivity index (χ3n) is 4.33. The zero-order chi connectivity index (χ0) is 21.5. The molecule has 0 fully saturated rings. The highest BCUT2D eigenvalue weighted by Crippen LogP contribution is 2.34. The molecule has 0 atom stereocenters. The van der Waals surface area contributed by atoms with Gasteiger partial charge in [0.05, 0.1) is 17.2 Å². The fourth-order valence-corrected chi connectivity index (χ4v) is 3.08. The van der Waals surface area contributed by atoms with Gasteiger partial charge in [-0.1, -0.05) is 41.4 Å². The van der Waals surface area contributed by atoms with Crippen LogP contribution in [0.1, 0.15) is 21.5 Å². The lowest BCUT2D eigenvalue weighted by Crippen LogP contribution is -2.07. The molecule has 0 spiro atoms. The summed E-state index contributed by atoms with van der Waals surface area (Å²) >= 11 is 6.19. The van der Waals surface area contributed by atoms with Gasteiger partial charge in [0.1, 0.15) is 12.4 Å². The average Bonchev–Trinajstić information content (AvgIpc) is 2.74. The number of carbonyl (C=O) groups is 1. The van der Waals surface area contributed by atoms with Gasteiger partial charge in [0, 0.05) is 31.6 Å². The van der Waals surface area contributed by atoms with Crippen molar-refractivity contribution in [2.75, 3.05) is 25.6 Å². The van der Waals surface area contributed by atoms with E-state index >= 15 is 0 Å². The van der Waals surface area contributed by atoms with E-state index in [1.807, 2.05) is 25.1 Å². The van der Waals surface area contributed by atoms with E-state index < -0.39 is 5.97 Å². The largest absolute Gasteiger partial charge is 0.490 e. The summed E-state index contributed by atoms with van der Waals surface area (Å²) in [4.78, 5) is 20.2. The molecule has 1 aromatic heterocycles. The van der Waals surface area contributed by atoms with Crippen LogP contribution in [0.4, 0.5) is 5.95 Å². The molecule has 0 aliphatic rings. The summed E-state index contributed by atoms with van der Waals surface area (Å²) in [5.74, 6) is -0.398. The lowest BCUT2D eigenvalue weighted by Gasteiger charge is -2.12. The number of nitrogens with zero attached hydrogens (tertiary/aromatic N) is 2. The average molecular weight is 428 g/mol. The zero-order valence-corrected chi connectivity index (χ0v) is 17.4. The van der Waals surface area contributed by atoms with Crippen LogP contribution in [-0.4, -0.2) is 41.4 Å². The molecule has 1 heterocycles. The third kappa shape index (κ3) is 5.46. The molecule has 0 bridgehead atoms. The molecule has 0 aliphatic carbocycles. The van der Waals surface area contributed by atoms with Crippen LogP contribution in [0, 0.1) is 6.92 Å². The van der Waals surface area contributed by atoms with Crippen LogP contribution < -0.4 is 10.1 Å². The summed E-state index contributed by atoms with van der Waals surface area (Å²) in [5, 5.41) is 12.7. The number of methoxy groups -OCH3 is 1. The van der Waals surface area contributed by atoms with Crippen molar-refractivity contribution in [1.29, 1.82) is 0 Å². The highest BCUT2D eigenvalue weighted by molar-refractivity contribution is 6.35. The van der Waals surface area contributed by atoms with E-state index in [9.17, 15) is 9.90 Å². The normalized spacial score (nSPS) is 10.6. The Balaban J connectivity index is 1.79. The number of aromatic carboxylic acids is 1. The van der Waals surface area contributed by atoms with Crippen molar-refractivity contribution in [3.63, 3.8) is 0 Å². The summed E-state index contributed by atoms with van der Waals surface area (Å²) in [7, 11) is 1.55. The zero-order valence-electron chi connectivity index (χ0n) is 16.7. The first-order valence-electron chi connectivity index (χ1n) is 9.28. The van der Waals surface area contributed by atoms with Gasteiger partial charge in [-0.2, -0.15) is 0 Å². The molecule has 8 heteroatoms. The molecule has 0 aliphatic heterocycles. The molecule has 0 amide bonds. The fraction of sp³-hybridized carbons (Fsp3) is 0.227. The van der Waals surface area contributed by atoms with Crippen molar-refractivity contribution in [3.8, 4) is 16.9 Å². The summed E-state index contributed by atoms with van der Waals surface area (Å²) in [6.07, 6.45) is 3.25. The molecule has 0 radical (unpaired) electrons. The molecule has 156 valence electrons. The minimum Gasteiger partial charge on any atom is -0.490 e. The maximum Gasteiger partial charge on any atom is 0.337 e. The number of aromatic nitrogens is 2. The quantitative estimate of drug-likeness (QED) is 0.487. The van der Waals surface area contributed by atoms with Crippen LogP contribution in [0.2, 0.25) is 5.02 Å². The number of aryl methyl sites for hydroxylation is 1.